The van der Waals surface area contributed by atoms with E-state index in [4.69, 9.17) is 33.7 Å². The van der Waals surface area contributed by atoms with Crippen molar-refractivity contribution in [3.8, 4) is 17.2 Å². The number of benzene rings is 4. The van der Waals surface area contributed by atoms with Crippen LogP contribution in [0, 0.1) is 27.9 Å². The van der Waals surface area contributed by atoms with Gasteiger partial charge in [0.1, 0.15) is 23.3 Å². The zero-order valence-electron chi connectivity index (χ0n) is 39.0. The SMILES string of the molecule is C=CCO[C@@]12Oc3ccc(OC(=O)NCC)cc3[C@H]3[C@H](CCCCO)[C@@H](CCCCO)C=C(C(=NOC4CCCCO4)C[C@@H]1N(Cc1cccc4ccccc14)C(=O)Oc1ccc([N+](=O)[O-])cc1)[C@H]32. The first kappa shape index (κ1) is 49.1. The molecule has 4 aromatic rings. The topological polar surface area (TPSA) is 201 Å². The number of nitro benzene ring substituents is 1. The lowest BCUT2D eigenvalue weighted by Crippen LogP contribution is -2.70. The van der Waals surface area contributed by atoms with Crippen LogP contribution in [0.4, 0.5) is 15.3 Å². The van der Waals surface area contributed by atoms with Crippen LogP contribution in [0.1, 0.15) is 88.2 Å². The Kier molecular flexibility index (Phi) is 16.3. The number of hydrogen-bond acceptors (Lipinski definition) is 13. The number of amides is 2. The number of allylic oxidation sites excluding steroid dienone is 1. The van der Waals surface area contributed by atoms with Crippen LogP contribution in [-0.4, -0.2) is 89.0 Å². The highest BCUT2D eigenvalue weighted by Crippen LogP contribution is 2.62. The van der Waals surface area contributed by atoms with Crippen molar-refractivity contribution in [2.45, 2.75) is 102 Å². The van der Waals surface area contributed by atoms with Gasteiger partial charge in [0.25, 0.3) is 5.69 Å². The number of hydrogen-bond donors (Lipinski definition) is 3. The van der Waals surface area contributed by atoms with Crippen LogP contribution in [0.15, 0.2) is 114 Å². The molecule has 366 valence electrons. The number of aliphatic hydroxyl groups is 2. The summed E-state index contributed by atoms with van der Waals surface area (Å²) < 4.78 is 32.6. The number of non-ortho nitro benzene ring substituents is 1. The molecule has 4 aliphatic rings. The van der Waals surface area contributed by atoms with Crippen molar-refractivity contribution in [3.63, 3.8) is 0 Å². The van der Waals surface area contributed by atoms with E-state index in [0.29, 0.717) is 62.5 Å². The van der Waals surface area contributed by atoms with Crippen molar-refractivity contribution in [1.29, 1.82) is 0 Å². The first-order chi connectivity index (χ1) is 33.7. The average molecular weight is 947 g/mol. The molecule has 7 atom stereocenters. The van der Waals surface area contributed by atoms with Gasteiger partial charge in [-0.3, -0.25) is 15.0 Å². The van der Waals surface area contributed by atoms with Gasteiger partial charge in [0.15, 0.2) is 0 Å². The Labute approximate surface area is 402 Å². The van der Waals surface area contributed by atoms with E-state index in [0.717, 1.165) is 53.2 Å². The molecule has 69 heavy (non-hydrogen) atoms. The second-order valence-electron chi connectivity index (χ2n) is 18.0. The number of unbranched alkanes of at least 4 members (excludes halogenated alkanes) is 2. The molecule has 2 aliphatic carbocycles. The molecule has 1 saturated heterocycles. The van der Waals surface area contributed by atoms with Crippen molar-refractivity contribution < 1.29 is 53.2 Å². The van der Waals surface area contributed by atoms with E-state index in [1.54, 1.807) is 23.1 Å². The minimum Gasteiger partial charge on any atom is -0.459 e. The smallest absolute Gasteiger partial charge is 0.416 e. The van der Waals surface area contributed by atoms with Crippen molar-refractivity contribution >= 4 is 34.4 Å². The Balaban J connectivity index is 1.36. The maximum absolute atomic E-state index is 15.3. The summed E-state index contributed by atoms with van der Waals surface area (Å²) in [6, 6.07) is 23.5. The van der Waals surface area contributed by atoms with Crippen molar-refractivity contribution in [3.05, 3.63) is 130 Å². The van der Waals surface area contributed by atoms with Gasteiger partial charge in [-0.25, -0.2) is 9.59 Å². The Morgan fingerprint density at radius 2 is 1.74 bits per heavy atom. The molecule has 2 aliphatic heterocycles. The van der Waals surface area contributed by atoms with E-state index < -0.39 is 47.1 Å². The lowest BCUT2D eigenvalue weighted by Gasteiger charge is -2.59. The van der Waals surface area contributed by atoms with Gasteiger partial charge in [-0.15, -0.1) is 6.58 Å². The number of nitrogens with zero attached hydrogens (tertiary/aromatic N) is 3. The van der Waals surface area contributed by atoms with Crippen LogP contribution in [0.3, 0.4) is 0 Å². The molecular formula is C53H62N4O12. The minimum absolute atomic E-state index is 0.0204. The molecule has 16 heteroatoms. The second-order valence-corrected chi connectivity index (χ2v) is 18.0. The summed E-state index contributed by atoms with van der Waals surface area (Å²) >= 11 is 0. The summed E-state index contributed by atoms with van der Waals surface area (Å²) in [4.78, 5) is 47.3. The first-order valence-electron chi connectivity index (χ1n) is 24.2. The number of fused-ring (bicyclic) bond motifs is 3. The van der Waals surface area contributed by atoms with Crippen molar-refractivity contribution in [1.82, 2.24) is 10.2 Å². The van der Waals surface area contributed by atoms with Crippen LogP contribution >= 0.6 is 0 Å². The molecule has 0 radical (unpaired) electrons. The lowest BCUT2D eigenvalue weighted by atomic mass is 9.55. The minimum atomic E-state index is -1.65. The Morgan fingerprint density at radius 3 is 2.48 bits per heavy atom. The number of carbonyl (C=O) groups is 2. The maximum atomic E-state index is 15.3. The van der Waals surface area contributed by atoms with Gasteiger partial charge in [0.2, 0.25) is 12.1 Å². The van der Waals surface area contributed by atoms with Gasteiger partial charge in [-0.2, -0.15) is 0 Å². The molecule has 16 nitrogen and oxygen atoms in total. The van der Waals surface area contributed by atoms with Gasteiger partial charge in [0, 0.05) is 56.2 Å². The highest BCUT2D eigenvalue weighted by molar-refractivity contribution is 6.03. The maximum Gasteiger partial charge on any atom is 0.416 e. The molecule has 1 saturated carbocycles. The van der Waals surface area contributed by atoms with E-state index >= 15 is 4.79 Å². The van der Waals surface area contributed by atoms with Gasteiger partial charge >= 0.3 is 12.2 Å². The van der Waals surface area contributed by atoms with Crippen molar-refractivity contribution in [2.24, 2.45) is 22.9 Å². The number of ether oxygens (including phenoxy) is 5. The fraction of sp³-hybridized carbons (Fsp3) is 0.453. The molecule has 8 rings (SSSR count). The third kappa shape index (κ3) is 10.9. The average Bonchev–Trinajstić information content (AvgIpc) is 3.36. The number of oxime groups is 1. The number of carbonyl (C=O) groups excluding carboxylic acids is 2. The third-order valence-corrected chi connectivity index (χ3v) is 13.7. The second kappa shape index (κ2) is 22.9. The normalized spacial score (nSPS) is 24.2. The predicted molar refractivity (Wildman–Crippen MR) is 258 cm³/mol. The van der Waals surface area contributed by atoms with Gasteiger partial charge in [0.05, 0.1) is 36.3 Å². The fourth-order valence-electron chi connectivity index (χ4n) is 10.6. The summed E-state index contributed by atoms with van der Waals surface area (Å²) in [5.41, 5.74) is 2.81. The molecule has 1 unspecified atom stereocenters. The van der Waals surface area contributed by atoms with Gasteiger partial charge in [-0.05, 0) is 110 Å². The molecule has 0 spiro atoms. The van der Waals surface area contributed by atoms with E-state index in [1.807, 2.05) is 55.5 Å². The Hall–Kier alpha value is -6.33. The summed E-state index contributed by atoms with van der Waals surface area (Å²) in [7, 11) is 0. The highest BCUT2D eigenvalue weighted by atomic mass is 16.8. The largest absolute Gasteiger partial charge is 0.459 e. The summed E-state index contributed by atoms with van der Waals surface area (Å²) in [6.07, 6.45) is 8.55. The number of nitrogens with one attached hydrogen (secondary N) is 1. The van der Waals surface area contributed by atoms with E-state index in [2.05, 4.69) is 18.0 Å². The monoisotopic (exact) mass is 946 g/mol. The molecule has 3 N–H and O–H groups in total. The summed E-state index contributed by atoms with van der Waals surface area (Å²) in [6.45, 7) is 6.87. The Bertz CT molecular complexity index is 2500. The van der Waals surface area contributed by atoms with Crippen LogP contribution in [0.25, 0.3) is 10.8 Å². The molecule has 2 fully saturated rings. The molecule has 2 amide bonds. The standard InChI is InChI=1S/C53H62N4O12/c1-3-29-65-53-47(56(34-37-17-13-16-35-14-5-6-18-41(35)37)52(61)67-39-23-21-38(22-24-39)57(62)63)33-45(55-69-48-20-9-12-30-64-48)43-31-36(15-7-10-27-58)42(19-8-11-28-59)49(50(43)53)44-32-40(25-26-46(44)68-53)66-51(60)54-4-2/h3,5-6,13-14,16-18,21-26,31-32,36,42,47-50,58-59H,1,4,7-12,15,19-20,27-30,33-34H2,2H3,(H,54,60)/t36-,42+,47-,48?,49+,50+,53+/m0/s1. The van der Waals surface area contributed by atoms with Crippen LogP contribution < -0.4 is 19.5 Å². The first-order valence-corrected chi connectivity index (χ1v) is 24.2. The molecule has 2 heterocycles. The predicted octanol–water partition coefficient (Wildman–Crippen LogP) is 9.72. The van der Waals surface area contributed by atoms with E-state index in [-0.39, 0.29) is 56.1 Å². The fourth-order valence-corrected chi connectivity index (χ4v) is 10.6. The van der Waals surface area contributed by atoms with E-state index in [9.17, 15) is 25.1 Å². The number of aliphatic hydroxyl groups excluding tert-OH is 2. The molecule has 0 bridgehead atoms. The zero-order chi connectivity index (χ0) is 48.3. The van der Waals surface area contributed by atoms with Gasteiger partial charge in [-0.1, -0.05) is 72.6 Å². The van der Waals surface area contributed by atoms with Crippen LogP contribution in [0.2, 0.25) is 0 Å². The zero-order valence-corrected chi connectivity index (χ0v) is 39.0. The van der Waals surface area contributed by atoms with Crippen molar-refractivity contribution in [2.75, 3.05) is 33.0 Å². The quantitative estimate of drug-likeness (QED) is 0.0328. The molecule has 0 aromatic heterocycles. The molecule has 4 aromatic carbocycles. The third-order valence-electron chi connectivity index (χ3n) is 13.7. The Morgan fingerprint density at radius 1 is 0.971 bits per heavy atom. The highest BCUT2D eigenvalue weighted by Gasteiger charge is 2.66. The lowest BCUT2D eigenvalue weighted by molar-refractivity contribution is -0.384. The van der Waals surface area contributed by atoms with Crippen LogP contribution in [0.5, 0.6) is 17.2 Å². The number of nitro groups is 1. The van der Waals surface area contributed by atoms with E-state index in [1.165, 1.54) is 24.3 Å². The molecular weight excluding hydrogens is 885 g/mol. The van der Waals surface area contributed by atoms with Crippen LogP contribution in [-0.2, 0) is 20.9 Å². The summed E-state index contributed by atoms with van der Waals surface area (Å²) in [5.74, 6) is -1.99. The van der Waals surface area contributed by atoms with Gasteiger partial charge < -0.3 is 44.1 Å². The number of rotatable bonds is 20. The summed E-state index contributed by atoms with van der Waals surface area (Å²) in [5, 5.41) is 41.2.